The molecule has 3 rings (SSSR count). The zero-order chi connectivity index (χ0) is 18.7. The van der Waals surface area contributed by atoms with E-state index in [0.717, 1.165) is 24.2 Å². The number of carbonyl (C=O) groups is 3. The Morgan fingerprint density at radius 1 is 0.923 bits per heavy atom. The predicted octanol–water partition coefficient (Wildman–Crippen LogP) is -0.0602. The van der Waals surface area contributed by atoms with Crippen molar-refractivity contribution in [1.82, 2.24) is 19.6 Å². The highest BCUT2D eigenvalue weighted by Crippen LogP contribution is 2.14. The molecule has 2 saturated heterocycles. The number of likely N-dealkylation sites (N-methyl/N-ethyl adjacent to an activating group) is 1. The topological polar surface area (TPSA) is 64.2 Å². The Kier molecular flexibility index (Phi) is 5.56. The molecule has 0 bridgehead atoms. The molecule has 140 valence electrons. The van der Waals surface area contributed by atoms with E-state index in [2.05, 4.69) is 4.90 Å². The molecule has 3 amide bonds. The maximum Gasteiger partial charge on any atom is 0.312 e. The van der Waals surface area contributed by atoms with Crippen LogP contribution in [0.15, 0.2) is 24.3 Å². The van der Waals surface area contributed by atoms with Gasteiger partial charge in [0.15, 0.2) is 0 Å². The van der Waals surface area contributed by atoms with Crippen LogP contribution in [0.25, 0.3) is 0 Å². The molecule has 0 atom stereocenters. The van der Waals surface area contributed by atoms with Crippen molar-refractivity contribution in [2.75, 3.05) is 52.9 Å². The summed E-state index contributed by atoms with van der Waals surface area (Å²) in [6.45, 7) is 6.28. The fourth-order valence-corrected chi connectivity index (χ4v) is 3.33. The van der Waals surface area contributed by atoms with Crippen molar-refractivity contribution >= 4 is 17.7 Å². The zero-order valence-corrected chi connectivity index (χ0v) is 15.5. The maximum atomic E-state index is 12.5. The molecule has 26 heavy (non-hydrogen) atoms. The van der Waals surface area contributed by atoms with Gasteiger partial charge in [0.25, 0.3) is 0 Å². The molecule has 0 aliphatic carbocycles. The number of aryl methyl sites for hydroxylation is 1. The largest absolute Gasteiger partial charge is 0.339 e. The van der Waals surface area contributed by atoms with E-state index in [4.69, 9.17) is 0 Å². The summed E-state index contributed by atoms with van der Waals surface area (Å²) >= 11 is 0. The van der Waals surface area contributed by atoms with Crippen LogP contribution in [0.3, 0.4) is 0 Å². The van der Waals surface area contributed by atoms with Gasteiger partial charge in [0.2, 0.25) is 5.91 Å². The van der Waals surface area contributed by atoms with Crippen LogP contribution in [0.5, 0.6) is 0 Å². The highest BCUT2D eigenvalue weighted by atomic mass is 16.2. The van der Waals surface area contributed by atoms with Crippen LogP contribution in [-0.4, -0.2) is 90.2 Å². The van der Waals surface area contributed by atoms with Crippen molar-refractivity contribution in [2.24, 2.45) is 0 Å². The summed E-state index contributed by atoms with van der Waals surface area (Å²) in [4.78, 5) is 44.2. The summed E-state index contributed by atoms with van der Waals surface area (Å²) < 4.78 is 0. The van der Waals surface area contributed by atoms with Crippen molar-refractivity contribution in [3.05, 3.63) is 35.4 Å². The summed E-state index contributed by atoms with van der Waals surface area (Å²) in [7, 11) is 2.03. The van der Waals surface area contributed by atoms with Gasteiger partial charge in [-0.05, 0) is 25.1 Å². The van der Waals surface area contributed by atoms with E-state index >= 15 is 0 Å². The Labute approximate surface area is 154 Å². The zero-order valence-electron chi connectivity index (χ0n) is 15.5. The normalized spacial score (nSPS) is 19.2. The average Bonchev–Trinajstić information content (AvgIpc) is 2.63. The van der Waals surface area contributed by atoms with Crippen LogP contribution < -0.4 is 0 Å². The second-order valence-corrected chi connectivity index (χ2v) is 7.06. The van der Waals surface area contributed by atoms with Gasteiger partial charge in [-0.1, -0.05) is 24.3 Å². The molecule has 7 heteroatoms. The van der Waals surface area contributed by atoms with Gasteiger partial charge in [-0.15, -0.1) is 0 Å². The van der Waals surface area contributed by atoms with E-state index < -0.39 is 11.8 Å². The van der Waals surface area contributed by atoms with Crippen molar-refractivity contribution in [1.29, 1.82) is 0 Å². The first kappa shape index (κ1) is 18.4. The molecular formula is C19H26N4O3. The molecule has 1 aromatic carbocycles. The van der Waals surface area contributed by atoms with E-state index in [1.807, 2.05) is 38.2 Å². The fraction of sp³-hybridized carbons (Fsp3) is 0.526. The monoisotopic (exact) mass is 358 g/mol. The Bertz CT molecular complexity index is 698. The summed E-state index contributed by atoms with van der Waals surface area (Å²) in [5, 5.41) is 0. The van der Waals surface area contributed by atoms with Gasteiger partial charge in [-0.2, -0.15) is 0 Å². The molecule has 2 aliphatic heterocycles. The summed E-state index contributed by atoms with van der Waals surface area (Å²) in [5.74, 6) is -1.18. The standard InChI is InChI=1S/C19H26N4O3/c1-15-5-3-4-6-16(15)13-22-11-12-23(19(26)18(22)25)14-17(24)21-9-7-20(2)8-10-21/h3-6H,7-14H2,1-2H3. The average molecular weight is 358 g/mol. The van der Waals surface area contributed by atoms with E-state index in [-0.39, 0.29) is 12.5 Å². The lowest BCUT2D eigenvalue weighted by Gasteiger charge is -2.36. The molecule has 0 spiro atoms. The van der Waals surface area contributed by atoms with Gasteiger partial charge in [0.05, 0.1) is 0 Å². The number of amides is 3. The van der Waals surface area contributed by atoms with E-state index in [1.165, 1.54) is 4.90 Å². The number of carbonyl (C=O) groups excluding carboxylic acids is 3. The first-order valence-electron chi connectivity index (χ1n) is 9.04. The van der Waals surface area contributed by atoms with Gasteiger partial charge >= 0.3 is 11.8 Å². The Morgan fingerprint density at radius 2 is 1.54 bits per heavy atom. The molecular weight excluding hydrogens is 332 g/mol. The third kappa shape index (κ3) is 4.04. The van der Waals surface area contributed by atoms with Crippen LogP contribution >= 0.6 is 0 Å². The minimum atomic E-state index is -0.577. The van der Waals surface area contributed by atoms with E-state index in [9.17, 15) is 14.4 Å². The lowest BCUT2D eigenvalue weighted by atomic mass is 10.1. The fourth-order valence-electron chi connectivity index (χ4n) is 3.33. The van der Waals surface area contributed by atoms with Gasteiger partial charge in [-0.25, -0.2) is 0 Å². The third-order valence-electron chi connectivity index (χ3n) is 5.20. The van der Waals surface area contributed by atoms with Crippen molar-refractivity contribution in [2.45, 2.75) is 13.5 Å². The van der Waals surface area contributed by atoms with Crippen LogP contribution in [0.1, 0.15) is 11.1 Å². The number of hydrogen-bond donors (Lipinski definition) is 0. The lowest BCUT2D eigenvalue weighted by Crippen LogP contribution is -2.57. The summed E-state index contributed by atoms with van der Waals surface area (Å²) in [5.41, 5.74) is 2.14. The van der Waals surface area contributed by atoms with Gasteiger partial charge in [-0.3, -0.25) is 14.4 Å². The van der Waals surface area contributed by atoms with Crippen LogP contribution in [0, 0.1) is 6.92 Å². The molecule has 0 unspecified atom stereocenters. The summed E-state index contributed by atoms with van der Waals surface area (Å²) in [6.07, 6.45) is 0. The summed E-state index contributed by atoms with van der Waals surface area (Å²) in [6, 6.07) is 7.84. The maximum absolute atomic E-state index is 12.5. The minimum absolute atomic E-state index is 0.00745. The Balaban J connectivity index is 1.57. The predicted molar refractivity (Wildman–Crippen MR) is 97.3 cm³/mol. The molecule has 1 aromatic rings. The number of nitrogens with zero attached hydrogens (tertiary/aromatic N) is 4. The van der Waals surface area contributed by atoms with Crippen LogP contribution in [0.2, 0.25) is 0 Å². The Hall–Kier alpha value is -2.41. The SMILES string of the molecule is Cc1ccccc1CN1CCN(CC(=O)N2CCN(C)CC2)C(=O)C1=O. The van der Waals surface area contributed by atoms with Gasteiger partial charge in [0, 0.05) is 45.8 Å². The molecule has 0 radical (unpaired) electrons. The molecule has 7 nitrogen and oxygen atoms in total. The lowest BCUT2D eigenvalue weighted by molar-refractivity contribution is -0.158. The molecule has 2 aliphatic rings. The molecule has 0 N–H and O–H groups in total. The second-order valence-electron chi connectivity index (χ2n) is 7.06. The Morgan fingerprint density at radius 3 is 2.23 bits per heavy atom. The number of rotatable bonds is 4. The smallest absolute Gasteiger partial charge is 0.312 e. The van der Waals surface area contributed by atoms with Gasteiger partial charge in [0.1, 0.15) is 6.54 Å². The highest BCUT2D eigenvalue weighted by molar-refractivity contribution is 6.35. The van der Waals surface area contributed by atoms with E-state index in [0.29, 0.717) is 32.7 Å². The van der Waals surface area contributed by atoms with Crippen molar-refractivity contribution < 1.29 is 14.4 Å². The van der Waals surface area contributed by atoms with Crippen LogP contribution in [0.4, 0.5) is 0 Å². The molecule has 2 fully saturated rings. The van der Waals surface area contributed by atoms with Crippen LogP contribution in [-0.2, 0) is 20.9 Å². The molecule has 2 heterocycles. The number of benzene rings is 1. The number of piperazine rings is 2. The van der Waals surface area contributed by atoms with Crippen molar-refractivity contribution in [3.8, 4) is 0 Å². The first-order valence-corrected chi connectivity index (χ1v) is 9.04. The van der Waals surface area contributed by atoms with Crippen molar-refractivity contribution in [3.63, 3.8) is 0 Å². The highest BCUT2D eigenvalue weighted by Gasteiger charge is 2.34. The quantitative estimate of drug-likeness (QED) is 0.708. The number of hydrogen-bond acceptors (Lipinski definition) is 4. The van der Waals surface area contributed by atoms with Gasteiger partial charge < -0.3 is 19.6 Å². The minimum Gasteiger partial charge on any atom is -0.339 e. The first-order chi connectivity index (χ1) is 12.5. The molecule has 0 saturated carbocycles. The molecule has 0 aromatic heterocycles. The van der Waals surface area contributed by atoms with E-state index in [1.54, 1.807) is 9.80 Å². The third-order valence-corrected chi connectivity index (χ3v) is 5.20. The second kappa shape index (κ2) is 7.86.